The zero-order valence-corrected chi connectivity index (χ0v) is 8.87. The molecule has 1 rings (SSSR count). The first-order chi connectivity index (χ1) is 7.04. The van der Waals surface area contributed by atoms with Gasteiger partial charge in [0.1, 0.15) is 0 Å². The van der Waals surface area contributed by atoms with Gasteiger partial charge in [-0.1, -0.05) is 5.11 Å². The topological polar surface area (TPSA) is 92.5 Å². The van der Waals surface area contributed by atoms with Crippen molar-refractivity contribution in [3.05, 3.63) is 10.4 Å². The van der Waals surface area contributed by atoms with Gasteiger partial charge in [-0.2, -0.15) is 0 Å². The summed E-state index contributed by atoms with van der Waals surface area (Å²) in [7, 11) is 3.83. The maximum atomic E-state index is 10.8. The maximum Gasteiger partial charge on any atom is 0.407 e. The van der Waals surface area contributed by atoms with Gasteiger partial charge in [0.05, 0.1) is 6.04 Å². The minimum absolute atomic E-state index is 0.0898. The van der Waals surface area contributed by atoms with Crippen molar-refractivity contribution in [2.75, 3.05) is 33.7 Å². The molecule has 1 aliphatic heterocycles. The largest absolute Gasteiger partial charge is 0.465 e. The van der Waals surface area contributed by atoms with Gasteiger partial charge in [-0.3, -0.25) is 0 Å². The molecule has 15 heavy (non-hydrogen) atoms. The molecule has 0 bridgehead atoms. The van der Waals surface area contributed by atoms with Crippen LogP contribution < -0.4 is 0 Å². The quantitative estimate of drug-likeness (QED) is 0.427. The minimum atomic E-state index is -0.950. The Bertz CT molecular complexity index is 287. The van der Waals surface area contributed by atoms with Crippen LogP contribution in [0.1, 0.15) is 0 Å². The van der Waals surface area contributed by atoms with Crippen molar-refractivity contribution >= 4 is 6.09 Å². The van der Waals surface area contributed by atoms with E-state index in [1.807, 2.05) is 19.0 Å². The van der Waals surface area contributed by atoms with Crippen molar-refractivity contribution in [1.29, 1.82) is 0 Å². The van der Waals surface area contributed by atoms with Gasteiger partial charge in [0.15, 0.2) is 0 Å². The van der Waals surface area contributed by atoms with Crippen molar-refractivity contribution in [3.63, 3.8) is 0 Å². The molecule has 0 spiro atoms. The number of rotatable bonds is 3. The molecule has 1 heterocycles. The van der Waals surface area contributed by atoms with Crippen molar-refractivity contribution in [2.24, 2.45) is 11.0 Å². The lowest BCUT2D eigenvalue weighted by Crippen LogP contribution is -2.29. The number of nitrogens with zero attached hydrogens (tertiary/aromatic N) is 5. The van der Waals surface area contributed by atoms with E-state index in [1.54, 1.807) is 0 Å². The molecule has 7 heteroatoms. The zero-order chi connectivity index (χ0) is 11.4. The van der Waals surface area contributed by atoms with E-state index < -0.39 is 6.09 Å². The second-order valence-corrected chi connectivity index (χ2v) is 3.98. The summed E-state index contributed by atoms with van der Waals surface area (Å²) in [5.41, 5.74) is 8.38. The Balaban J connectivity index is 2.67. The van der Waals surface area contributed by atoms with Gasteiger partial charge >= 0.3 is 6.09 Å². The molecular weight excluding hydrogens is 198 g/mol. The monoisotopic (exact) mass is 213 g/mol. The molecule has 1 saturated heterocycles. The number of amides is 1. The minimum Gasteiger partial charge on any atom is -0.465 e. The average molecular weight is 213 g/mol. The second kappa shape index (κ2) is 4.86. The zero-order valence-electron chi connectivity index (χ0n) is 8.87. The Morgan fingerprint density at radius 2 is 2.33 bits per heavy atom. The highest BCUT2D eigenvalue weighted by atomic mass is 16.4. The molecule has 0 aromatic rings. The molecule has 0 unspecified atom stereocenters. The van der Waals surface area contributed by atoms with Crippen LogP contribution in [0.15, 0.2) is 5.11 Å². The number of carbonyl (C=O) groups is 1. The van der Waals surface area contributed by atoms with E-state index in [0.717, 1.165) is 6.54 Å². The summed E-state index contributed by atoms with van der Waals surface area (Å²) in [6, 6.07) is -0.242. The van der Waals surface area contributed by atoms with Crippen molar-refractivity contribution in [1.82, 2.24) is 9.80 Å². The van der Waals surface area contributed by atoms with Crippen LogP contribution in [0.3, 0.4) is 0 Å². The lowest BCUT2D eigenvalue weighted by Gasteiger charge is -2.18. The third-order valence-electron chi connectivity index (χ3n) is 2.48. The lowest BCUT2D eigenvalue weighted by molar-refractivity contribution is 0.153. The molecule has 84 valence electrons. The normalized spacial score (nSPS) is 25.4. The molecule has 1 amide bonds. The van der Waals surface area contributed by atoms with E-state index in [2.05, 4.69) is 10.0 Å². The first-order valence-electron chi connectivity index (χ1n) is 4.71. The summed E-state index contributed by atoms with van der Waals surface area (Å²) in [5, 5.41) is 12.5. The molecule has 0 aliphatic carbocycles. The molecule has 1 fully saturated rings. The van der Waals surface area contributed by atoms with E-state index in [0.29, 0.717) is 13.1 Å². The highest BCUT2D eigenvalue weighted by molar-refractivity contribution is 5.65. The molecule has 0 aromatic carbocycles. The third-order valence-corrected chi connectivity index (χ3v) is 2.48. The molecule has 7 nitrogen and oxygen atoms in total. The fraction of sp³-hybridized carbons (Fsp3) is 0.875. The SMILES string of the molecule is CN(C)C[C@@H]1CN(C(=O)O)C[C@@H]1N=[N+]=[N-]. The summed E-state index contributed by atoms with van der Waals surface area (Å²) in [5.74, 6) is 0.0898. The summed E-state index contributed by atoms with van der Waals surface area (Å²) in [6.07, 6.45) is -0.950. The molecule has 0 saturated carbocycles. The van der Waals surface area contributed by atoms with Crippen LogP contribution in [0.25, 0.3) is 10.4 Å². The van der Waals surface area contributed by atoms with Crippen LogP contribution in [0.5, 0.6) is 0 Å². The lowest BCUT2D eigenvalue weighted by atomic mass is 10.0. The standard InChI is InChI=1S/C8H15N5O2/c1-12(2)3-6-4-13(8(14)15)5-7(6)10-11-9/h6-7H,3-5H2,1-2H3,(H,14,15)/t6-,7+/m1/s1. The van der Waals surface area contributed by atoms with Crippen LogP contribution >= 0.6 is 0 Å². The first-order valence-corrected chi connectivity index (χ1v) is 4.71. The van der Waals surface area contributed by atoms with Crippen LogP contribution in [-0.4, -0.2) is 60.8 Å². The smallest absolute Gasteiger partial charge is 0.407 e. The molecular formula is C8H15N5O2. The first kappa shape index (κ1) is 11.6. The van der Waals surface area contributed by atoms with Crippen LogP contribution in [0.2, 0.25) is 0 Å². The Hall–Kier alpha value is -1.46. The van der Waals surface area contributed by atoms with Gasteiger partial charge in [0, 0.05) is 24.5 Å². The van der Waals surface area contributed by atoms with E-state index in [9.17, 15) is 4.79 Å². The van der Waals surface area contributed by atoms with Crippen LogP contribution in [-0.2, 0) is 0 Å². The molecule has 1 aliphatic rings. The molecule has 1 N–H and O–H groups in total. The number of hydrogen-bond acceptors (Lipinski definition) is 3. The van der Waals surface area contributed by atoms with Crippen molar-refractivity contribution in [3.8, 4) is 0 Å². The summed E-state index contributed by atoms with van der Waals surface area (Å²) in [6.45, 7) is 1.47. The Morgan fingerprint density at radius 1 is 1.67 bits per heavy atom. The van der Waals surface area contributed by atoms with E-state index in [4.69, 9.17) is 10.6 Å². The fourth-order valence-corrected chi connectivity index (χ4v) is 1.86. The molecule has 0 aromatic heterocycles. The van der Waals surface area contributed by atoms with Gasteiger partial charge in [0.25, 0.3) is 0 Å². The Kier molecular flexibility index (Phi) is 3.76. The van der Waals surface area contributed by atoms with Gasteiger partial charge in [0.2, 0.25) is 0 Å². The fourth-order valence-electron chi connectivity index (χ4n) is 1.86. The van der Waals surface area contributed by atoms with Crippen LogP contribution in [0.4, 0.5) is 4.79 Å². The van der Waals surface area contributed by atoms with E-state index >= 15 is 0 Å². The van der Waals surface area contributed by atoms with E-state index in [-0.39, 0.29) is 12.0 Å². The number of hydrogen-bond donors (Lipinski definition) is 1. The van der Waals surface area contributed by atoms with Gasteiger partial charge in [-0.05, 0) is 25.5 Å². The summed E-state index contributed by atoms with van der Waals surface area (Å²) in [4.78, 5) is 16.8. The number of carboxylic acid groups (broad SMARTS) is 1. The van der Waals surface area contributed by atoms with E-state index in [1.165, 1.54) is 4.90 Å². The predicted molar refractivity (Wildman–Crippen MR) is 54.6 cm³/mol. The molecule has 2 atom stereocenters. The highest BCUT2D eigenvalue weighted by Gasteiger charge is 2.34. The van der Waals surface area contributed by atoms with Crippen LogP contribution in [0, 0.1) is 5.92 Å². The maximum absolute atomic E-state index is 10.8. The number of azide groups is 1. The summed E-state index contributed by atoms with van der Waals surface area (Å²) >= 11 is 0. The third kappa shape index (κ3) is 3.00. The Morgan fingerprint density at radius 3 is 2.80 bits per heavy atom. The van der Waals surface area contributed by atoms with Gasteiger partial charge in [-0.15, -0.1) is 0 Å². The molecule has 0 radical (unpaired) electrons. The van der Waals surface area contributed by atoms with Gasteiger partial charge in [-0.25, -0.2) is 4.79 Å². The Labute approximate surface area is 87.9 Å². The van der Waals surface area contributed by atoms with Crippen molar-refractivity contribution < 1.29 is 9.90 Å². The predicted octanol–water partition coefficient (Wildman–Crippen LogP) is 0.837. The van der Waals surface area contributed by atoms with Crippen molar-refractivity contribution in [2.45, 2.75) is 6.04 Å². The average Bonchev–Trinajstić information content (AvgIpc) is 2.48. The number of likely N-dealkylation sites (tertiary alicyclic amines) is 1. The second-order valence-electron chi connectivity index (χ2n) is 3.98. The van der Waals surface area contributed by atoms with Gasteiger partial charge < -0.3 is 14.9 Å². The highest BCUT2D eigenvalue weighted by Crippen LogP contribution is 2.20. The summed E-state index contributed by atoms with van der Waals surface area (Å²) < 4.78 is 0.